The Morgan fingerprint density at radius 3 is 2.32 bits per heavy atom. The van der Waals surface area contributed by atoms with Crippen molar-refractivity contribution in [2.45, 2.75) is 39.7 Å². The molecule has 1 amide bonds. The number of amides is 1. The number of carbonyl (C=O) groups is 1. The molecule has 22 heavy (non-hydrogen) atoms. The zero-order valence-corrected chi connectivity index (χ0v) is 13.4. The Morgan fingerprint density at radius 1 is 1.09 bits per heavy atom. The van der Waals surface area contributed by atoms with Crippen LogP contribution in [0.15, 0.2) is 24.4 Å². The number of likely N-dealkylation sites (tertiary alicyclic amines) is 1. The maximum Gasteiger partial charge on any atom is 0.272 e. The molecule has 0 atom stereocenters. The van der Waals surface area contributed by atoms with E-state index in [-0.39, 0.29) is 5.91 Å². The van der Waals surface area contributed by atoms with Gasteiger partial charge in [0.15, 0.2) is 0 Å². The van der Waals surface area contributed by atoms with Gasteiger partial charge in [0, 0.05) is 36.7 Å². The van der Waals surface area contributed by atoms with Gasteiger partial charge in [-0.15, -0.1) is 0 Å². The van der Waals surface area contributed by atoms with Crippen molar-refractivity contribution in [2.75, 3.05) is 13.1 Å². The molecule has 116 valence electrons. The summed E-state index contributed by atoms with van der Waals surface area (Å²) in [6, 6.07) is 6.51. The van der Waals surface area contributed by atoms with Crippen LogP contribution in [0, 0.1) is 20.8 Å². The number of piperidine rings is 1. The Hall–Kier alpha value is -2.17. The minimum absolute atomic E-state index is 0.0184. The van der Waals surface area contributed by atoms with E-state index in [1.807, 2.05) is 4.90 Å². The number of hydrogen-bond acceptors (Lipinski definition) is 3. The molecule has 2 aromatic rings. The standard InChI is InChI=1S/C17H22N4O/c1-12-4-5-13(2)21(12)15-7-10-20(11-8-15)17(22)16-6-9-18-14(3)19-16/h4-6,9,15H,7-8,10-11H2,1-3H3. The Kier molecular flexibility index (Phi) is 3.96. The average molecular weight is 298 g/mol. The molecule has 1 aliphatic rings. The second kappa shape index (κ2) is 5.91. The van der Waals surface area contributed by atoms with E-state index < -0.39 is 0 Å². The van der Waals surface area contributed by atoms with Gasteiger partial charge in [0.1, 0.15) is 11.5 Å². The van der Waals surface area contributed by atoms with Crippen LogP contribution in [0.2, 0.25) is 0 Å². The molecule has 0 N–H and O–H groups in total. The van der Waals surface area contributed by atoms with Gasteiger partial charge in [0.05, 0.1) is 0 Å². The first-order valence-corrected chi connectivity index (χ1v) is 7.79. The fraction of sp³-hybridized carbons (Fsp3) is 0.471. The zero-order chi connectivity index (χ0) is 15.7. The number of hydrogen-bond donors (Lipinski definition) is 0. The van der Waals surface area contributed by atoms with E-state index in [4.69, 9.17) is 0 Å². The summed E-state index contributed by atoms with van der Waals surface area (Å²) in [7, 11) is 0. The van der Waals surface area contributed by atoms with Crippen LogP contribution < -0.4 is 0 Å². The normalized spacial score (nSPS) is 16.0. The molecule has 3 heterocycles. The lowest BCUT2D eigenvalue weighted by molar-refractivity contribution is 0.0687. The third-order valence-corrected chi connectivity index (χ3v) is 4.44. The van der Waals surface area contributed by atoms with Crippen molar-refractivity contribution >= 4 is 5.91 Å². The van der Waals surface area contributed by atoms with Crippen LogP contribution in [0.5, 0.6) is 0 Å². The molecular weight excluding hydrogens is 276 g/mol. The van der Waals surface area contributed by atoms with Crippen molar-refractivity contribution < 1.29 is 4.79 Å². The van der Waals surface area contributed by atoms with Crippen molar-refractivity contribution in [1.29, 1.82) is 0 Å². The lowest BCUT2D eigenvalue weighted by Gasteiger charge is -2.34. The molecule has 0 saturated carbocycles. The van der Waals surface area contributed by atoms with Crippen LogP contribution in [0.1, 0.15) is 46.6 Å². The van der Waals surface area contributed by atoms with Gasteiger partial charge in [-0.3, -0.25) is 4.79 Å². The number of aryl methyl sites for hydroxylation is 3. The van der Waals surface area contributed by atoms with Crippen LogP contribution >= 0.6 is 0 Å². The molecule has 0 spiro atoms. The van der Waals surface area contributed by atoms with Gasteiger partial charge in [0.25, 0.3) is 5.91 Å². The summed E-state index contributed by atoms with van der Waals surface area (Å²) in [6.45, 7) is 7.66. The van der Waals surface area contributed by atoms with Crippen molar-refractivity contribution in [2.24, 2.45) is 0 Å². The van der Waals surface area contributed by atoms with Crippen LogP contribution in [0.25, 0.3) is 0 Å². The minimum atomic E-state index is 0.0184. The largest absolute Gasteiger partial charge is 0.346 e. The third kappa shape index (κ3) is 2.75. The van der Waals surface area contributed by atoms with Crippen LogP contribution in [-0.4, -0.2) is 38.4 Å². The average Bonchev–Trinajstić information content (AvgIpc) is 2.86. The number of rotatable bonds is 2. The first-order chi connectivity index (χ1) is 10.6. The summed E-state index contributed by atoms with van der Waals surface area (Å²) in [5.41, 5.74) is 3.10. The topological polar surface area (TPSA) is 51.0 Å². The molecule has 0 unspecified atom stereocenters. The molecule has 0 radical (unpaired) electrons. The number of aromatic nitrogens is 3. The SMILES string of the molecule is Cc1nccc(C(=O)N2CCC(n3c(C)ccc3C)CC2)n1. The molecule has 0 aliphatic carbocycles. The van der Waals surface area contributed by atoms with Crippen LogP contribution in [-0.2, 0) is 0 Å². The third-order valence-electron chi connectivity index (χ3n) is 4.44. The summed E-state index contributed by atoms with van der Waals surface area (Å²) < 4.78 is 2.40. The van der Waals surface area contributed by atoms with Gasteiger partial charge in [-0.1, -0.05) is 0 Å². The first-order valence-electron chi connectivity index (χ1n) is 7.79. The second-order valence-corrected chi connectivity index (χ2v) is 6.00. The Bertz CT molecular complexity index is 664. The smallest absolute Gasteiger partial charge is 0.272 e. The highest BCUT2D eigenvalue weighted by atomic mass is 16.2. The molecule has 0 bridgehead atoms. The Morgan fingerprint density at radius 2 is 1.73 bits per heavy atom. The molecule has 2 aromatic heterocycles. The quantitative estimate of drug-likeness (QED) is 0.856. The Labute approximate surface area is 131 Å². The summed E-state index contributed by atoms with van der Waals surface area (Å²) in [6.07, 6.45) is 3.63. The highest BCUT2D eigenvalue weighted by Crippen LogP contribution is 2.26. The number of nitrogens with zero attached hydrogens (tertiary/aromatic N) is 4. The van der Waals surface area contributed by atoms with E-state index in [0.29, 0.717) is 17.6 Å². The maximum atomic E-state index is 12.5. The van der Waals surface area contributed by atoms with Gasteiger partial charge >= 0.3 is 0 Å². The minimum Gasteiger partial charge on any atom is -0.346 e. The predicted octanol–water partition coefficient (Wildman–Crippen LogP) is 2.68. The predicted molar refractivity (Wildman–Crippen MR) is 84.8 cm³/mol. The van der Waals surface area contributed by atoms with E-state index in [9.17, 15) is 4.79 Å². The Balaban J connectivity index is 1.68. The molecule has 5 nitrogen and oxygen atoms in total. The molecule has 1 saturated heterocycles. The monoisotopic (exact) mass is 298 g/mol. The van der Waals surface area contributed by atoms with E-state index >= 15 is 0 Å². The summed E-state index contributed by atoms with van der Waals surface area (Å²) in [5, 5.41) is 0. The van der Waals surface area contributed by atoms with Gasteiger partial charge < -0.3 is 9.47 Å². The lowest BCUT2D eigenvalue weighted by Crippen LogP contribution is -2.39. The van der Waals surface area contributed by atoms with Crippen molar-refractivity contribution in [3.63, 3.8) is 0 Å². The lowest BCUT2D eigenvalue weighted by atomic mass is 10.0. The van der Waals surface area contributed by atoms with Crippen LogP contribution in [0.3, 0.4) is 0 Å². The second-order valence-electron chi connectivity index (χ2n) is 6.00. The summed E-state index contributed by atoms with van der Waals surface area (Å²) >= 11 is 0. The molecule has 0 aromatic carbocycles. The van der Waals surface area contributed by atoms with Crippen molar-refractivity contribution in [3.8, 4) is 0 Å². The highest BCUT2D eigenvalue weighted by Gasteiger charge is 2.26. The molecule has 3 rings (SSSR count). The van der Waals surface area contributed by atoms with Crippen LogP contribution in [0.4, 0.5) is 0 Å². The molecular formula is C17H22N4O. The van der Waals surface area contributed by atoms with E-state index in [0.717, 1.165) is 25.9 Å². The van der Waals surface area contributed by atoms with Gasteiger partial charge in [-0.25, -0.2) is 9.97 Å². The van der Waals surface area contributed by atoms with Crippen molar-refractivity contribution in [1.82, 2.24) is 19.4 Å². The van der Waals surface area contributed by atoms with Gasteiger partial charge in [0.2, 0.25) is 0 Å². The van der Waals surface area contributed by atoms with E-state index in [2.05, 4.69) is 40.5 Å². The molecule has 1 fully saturated rings. The zero-order valence-electron chi connectivity index (χ0n) is 13.4. The molecule has 1 aliphatic heterocycles. The van der Waals surface area contributed by atoms with E-state index in [1.165, 1.54) is 11.4 Å². The number of carbonyl (C=O) groups excluding carboxylic acids is 1. The maximum absolute atomic E-state index is 12.5. The van der Waals surface area contributed by atoms with Crippen molar-refractivity contribution in [3.05, 3.63) is 47.3 Å². The molecule has 5 heteroatoms. The van der Waals surface area contributed by atoms with Gasteiger partial charge in [-0.05, 0) is 51.8 Å². The fourth-order valence-electron chi connectivity index (χ4n) is 3.32. The van der Waals surface area contributed by atoms with E-state index in [1.54, 1.807) is 19.2 Å². The highest BCUT2D eigenvalue weighted by molar-refractivity contribution is 5.92. The summed E-state index contributed by atoms with van der Waals surface area (Å²) in [4.78, 5) is 22.7. The first kappa shape index (κ1) is 14.8. The summed E-state index contributed by atoms with van der Waals surface area (Å²) in [5.74, 6) is 0.657. The fourth-order valence-corrected chi connectivity index (χ4v) is 3.32. The van der Waals surface area contributed by atoms with Gasteiger partial charge in [-0.2, -0.15) is 0 Å².